The molecule has 0 heterocycles. The van der Waals surface area contributed by atoms with Gasteiger partial charge in [0, 0.05) is 0 Å². The molecular formula is C6H11AlO2. The van der Waals surface area contributed by atoms with Gasteiger partial charge in [-0.15, -0.1) is 0 Å². The Morgan fingerprint density at radius 1 is 1.22 bits per heavy atom. The molecule has 0 aromatic heterocycles. The first-order chi connectivity index (χ1) is 4.09. The zero-order valence-corrected chi connectivity index (χ0v) is 7.26. The molecule has 0 aromatic carbocycles. The van der Waals surface area contributed by atoms with E-state index in [1.54, 1.807) is 0 Å². The summed E-state index contributed by atoms with van der Waals surface area (Å²) in [5.41, 5.74) is 0. The van der Waals surface area contributed by atoms with Crippen LogP contribution in [0.2, 0.25) is 5.28 Å². The molecule has 0 aliphatic carbocycles. The molecule has 0 atom stereocenters. The van der Waals surface area contributed by atoms with Gasteiger partial charge in [-0.1, -0.05) is 12.2 Å². The van der Waals surface area contributed by atoms with Crippen LogP contribution in [0.15, 0.2) is 0 Å². The van der Waals surface area contributed by atoms with E-state index in [9.17, 15) is 9.59 Å². The van der Waals surface area contributed by atoms with E-state index in [-0.39, 0.29) is 9.29 Å². The summed E-state index contributed by atoms with van der Waals surface area (Å²) in [7, 11) is 0. The van der Waals surface area contributed by atoms with Crippen molar-refractivity contribution in [2.24, 2.45) is 0 Å². The fourth-order valence-electron chi connectivity index (χ4n) is 0.861. The van der Waals surface area contributed by atoms with Crippen molar-refractivity contribution < 1.29 is 9.59 Å². The summed E-state index contributed by atoms with van der Waals surface area (Å²) >= 11 is -1.64. The minimum atomic E-state index is -1.64. The van der Waals surface area contributed by atoms with Crippen molar-refractivity contribution in [1.82, 2.24) is 0 Å². The lowest BCUT2D eigenvalue weighted by Gasteiger charge is -1.96. The average molecular weight is 142 g/mol. The summed E-state index contributed by atoms with van der Waals surface area (Å²) in [5, 5.41) is 0.769. The maximum Gasteiger partial charge on any atom is 0.459 e. The molecule has 0 rings (SSSR count). The third-order valence-electron chi connectivity index (χ3n) is 1.39. The van der Waals surface area contributed by atoms with Crippen LogP contribution in [0.5, 0.6) is 0 Å². The van der Waals surface area contributed by atoms with Gasteiger partial charge < -0.3 is 9.59 Å². The van der Waals surface area contributed by atoms with Crippen LogP contribution >= 0.6 is 0 Å². The molecule has 0 unspecified atom stereocenters. The Morgan fingerprint density at radius 3 is 1.56 bits per heavy atom. The Kier molecular flexibility index (Phi) is 3.76. The van der Waals surface area contributed by atoms with Crippen LogP contribution in [0.25, 0.3) is 0 Å². The highest BCUT2D eigenvalue weighted by Gasteiger charge is 2.26. The third-order valence-corrected chi connectivity index (χ3v) is 4.17. The molecule has 0 radical (unpaired) electrons. The van der Waals surface area contributed by atoms with Crippen LogP contribution in [0.4, 0.5) is 0 Å². The minimum Gasteiger partial charge on any atom is -0.320 e. The molecule has 0 saturated carbocycles. The Morgan fingerprint density at radius 2 is 1.56 bits per heavy atom. The molecule has 0 fully saturated rings. The number of rotatable bonds is 3. The first-order valence-electron chi connectivity index (χ1n) is 3.10. The monoisotopic (exact) mass is 142 g/mol. The van der Waals surface area contributed by atoms with E-state index >= 15 is 0 Å². The van der Waals surface area contributed by atoms with Gasteiger partial charge in [0.2, 0.25) is 0 Å². The van der Waals surface area contributed by atoms with Gasteiger partial charge >= 0.3 is 14.1 Å². The summed E-state index contributed by atoms with van der Waals surface area (Å²) in [6.07, 6.45) is 0. The van der Waals surface area contributed by atoms with Gasteiger partial charge in [-0.25, -0.2) is 0 Å². The molecule has 0 aliphatic rings. The number of hydrogen-bond acceptors (Lipinski definition) is 2. The topological polar surface area (TPSA) is 34.1 Å². The van der Waals surface area contributed by atoms with Crippen LogP contribution in [-0.4, -0.2) is 23.4 Å². The van der Waals surface area contributed by atoms with Crippen molar-refractivity contribution in [1.29, 1.82) is 0 Å². The average Bonchev–Trinajstić information content (AvgIpc) is 1.64. The number of carbonyl (C=O) groups excluding carboxylic acids is 2. The number of hydrogen-bond donors (Lipinski definition) is 0. The van der Waals surface area contributed by atoms with Crippen molar-refractivity contribution in [3.05, 3.63) is 0 Å². The lowest BCUT2D eigenvalue weighted by molar-refractivity contribution is -0.113. The predicted octanol–water partition coefficient (Wildman–Crippen LogP) is 0.758. The Bertz CT molecular complexity index is 117. The summed E-state index contributed by atoms with van der Waals surface area (Å²) in [5.74, 6) is 0. The molecule has 2 nitrogen and oxygen atoms in total. The van der Waals surface area contributed by atoms with Crippen LogP contribution in [-0.2, 0) is 9.59 Å². The van der Waals surface area contributed by atoms with Crippen molar-refractivity contribution >= 4 is 23.4 Å². The van der Waals surface area contributed by atoms with Crippen LogP contribution in [0.3, 0.4) is 0 Å². The van der Waals surface area contributed by atoms with E-state index in [0.717, 1.165) is 5.28 Å². The molecule has 0 N–H and O–H groups in total. The largest absolute Gasteiger partial charge is 0.459 e. The van der Waals surface area contributed by atoms with Crippen LogP contribution in [0, 0.1) is 0 Å². The van der Waals surface area contributed by atoms with Gasteiger partial charge in [0.05, 0.1) is 9.29 Å². The highest BCUT2D eigenvalue weighted by Crippen LogP contribution is 1.93. The second kappa shape index (κ2) is 3.81. The van der Waals surface area contributed by atoms with Gasteiger partial charge in [-0.3, -0.25) is 0 Å². The Balaban J connectivity index is 3.99. The molecule has 0 bridgehead atoms. The first-order valence-corrected chi connectivity index (χ1v) is 5.07. The molecule has 0 amide bonds. The number of carbonyl (C=O) groups is 2. The van der Waals surface area contributed by atoms with Crippen molar-refractivity contribution in [2.45, 2.75) is 26.1 Å². The second-order valence-corrected chi connectivity index (χ2v) is 5.73. The standard InChI is InChI=1S/2C2H3O.C2H5.Al/c2*1-2-3;1-2;/h2*1H3;1H2,2H3;. The van der Waals surface area contributed by atoms with E-state index in [1.165, 1.54) is 13.8 Å². The van der Waals surface area contributed by atoms with E-state index in [1.807, 2.05) is 6.92 Å². The molecule has 0 saturated heterocycles. The summed E-state index contributed by atoms with van der Waals surface area (Å²) in [4.78, 5) is 21.3. The lowest BCUT2D eigenvalue weighted by Crippen LogP contribution is -2.30. The molecule has 50 valence electrons. The zero-order chi connectivity index (χ0) is 7.44. The molecule has 9 heavy (non-hydrogen) atoms. The second-order valence-electron chi connectivity index (χ2n) is 2.18. The van der Waals surface area contributed by atoms with E-state index < -0.39 is 14.1 Å². The summed E-state index contributed by atoms with van der Waals surface area (Å²) in [6, 6.07) is 0. The van der Waals surface area contributed by atoms with Gasteiger partial charge in [-0.2, -0.15) is 0 Å². The van der Waals surface area contributed by atoms with Gasteiger partial charge in [0.1, 0.15) is 0 Å². The Hall–Kier alpha value is -0.128. The minimum absolute atomic E-state index is 0.116. The smallest absolute Gasteiger partial charge is 0.320 e. The van der Waals surface area contributed by atoms with Gasteiger partial charge in [0.15, 0.2) is 0 Å². The van der Waals surface area contributed by atoms with Crippen molar-refractivity contribution in [2.75, 3.05) is 0 Å². The third kappa shape index (κ3) is 2.79. The Labute approximate surface area is 59.6 Å². The van der Waals surface area contributed by atoms with Gasteiger partial charge in [0.25, 0.3) is 0 Å². The quantitative estimate of drug-likeness (QED) is 0.545. The highest BCUT2D eigenvalue weighted by molar-refractivity contribution is 7.10. The summed E-state index contributed by atoms with van der Waals surface area (Å²) < 4.78 is 0.231. The van der Waals surface area contributed by atoms with E-state index in [2.05, 4.69) is 0 Å². The van der Waals surface area contributed by atoms with Gasteiger partial charge in [-0.05, 0) is 13.8 Å². The van der Waals surface area contributed by atoms with Crippen molar-refractivity contribution in [3.8, 4) is 0 Å². The fraction of sp³-hybridized carbons (Fsp3) is 0.667. The van der Waals surface area contributed by atoms with Crippen LogP contribution < -0.4 is 0 Å². The predicted molar refractivity (Wildman–Crippen MR) is 37.6 cm³/mol. The van der Waals surface area contributed by atoms with Crippen LogP contribution in [0.1, 0.15) is 20.8 Å². The maximum atomic E-state index is 10.7. The molecule has 0 aromatic rings. The molecule has 0 spiro atoms. The zero-order valence-electron chi connectivity index (χ0n) is 6.10. The van der Waals surface area contributed by atoms with E-state index in [0.29, 0.717) is 0 Å². The maximum absolute atomic E-state index is 10.7. The lowest BCUT2D eigenvalue weighted by atomic mass is 10.9. The highest BCUT2D eigenvalue weighted by atomic mass is 27.2. The summed E-state index contributed by atoms with van der Waals surface area (Å²) in [6.45, 7) is 4.93. The molecule has 0 aliphatic heterocycles. The first kappa shape index (κ1) is 8.87. The van der Waals surface area contributed by atoms with Crippen molar-refractivity contribution in [3.63, 3.8) is 0 Å². The molecular weight excluding hydrogens is 131 g/mol. The van der Waals surface area contributed by atoms with E-state index in [4.69, 9.17) is 0 Å². The SMILES string of the molecule is C[CH2][Al]([C](C)=O)[C](C)=O. The fourth-order valence-corrected chi connectivity index (χ4v) is 2.58. The normalized spacial score (nSPS) is 8.78. The molecule has 3 heteroatoms.